The number of aliphatic hydroxyl groups is 1. The van der Waals surface area contributed by atoms with E-state index in [9.17, 15) is 5.11 Å². The van der Waals surface area contributed by atoms with E-state index in [1.54, 1.807) is 7.11 Å². The fourth-order valence-corrected chi connectivity index (χ4v) is 1.93. The standard InChI is InChI=1S/C12H28N2O2/c1-6-14(7-8-16-5)11(2)9-12(3,10-15)13-4/h11,13,15H,6-10H2,1-5H3. The van der Waals surface area contributed by atoms with Gasteiger partial charge in [0.2, 0.25) is 0 Å². The van der Waals surface area contributed by atoms with Crippen LogP contribution in [0.5, 0.6) is 0 Å². The molecule has 0 spiro atoms. The van der Waals surface area contributed by atoms with E-state index >= 15 is 0 Å². The van der Waals surface area contributed by atoms with Crippen molar-refractivity contribution in [1.29, 1.82) is 0 Å². The molecule has 0 fully saturated rings. The lowest BCUT2D eigenvalue weighted by atomic mass is 9.94. The Morgan fingerprint density at radius 3 is 2.50 bits per heavy atom. The Hall–Kier alpha value is -0.160. The number of nitrogens with zero attached hydrogens (tertiary/aromatic N) is 1. The van der Waals surface area contributed by atoms with E-state index in [1.165, 1.54) is 0 Å². The first kappa shape index (κ1) is 15.8. The third-order valence-electron chi connectivity index (χ3n) is 3.31. The zero-order valence-electron chi connectivity index (χ0n) is 11.4. The van der Waals surface area contributed by atoms with E-state index in [2.05, 4.69) is 24.1 Å². The van der Waals surface area contributed by atoms with Gasteiger partial charge < -0.3 is 15.2 Å². The maximum atomic E-state index is 9.36. The minimum absolute atomic E-state index is 0.162. The highest BCUT2D eigenvalue weighted by Gasteiger charge is 2.25. The Morgan fingerprint density at radius 2 is 2.12 bits per heavy atom. The van der Waals surface area contributed by atoms with E-state index in [-0.39, 0.29) is 12.1 Å². The number of aliphatic hydroxyl groups excluding tert-OH is 1. The summed E-state index contributed by atoms with van der Waals surface area (Å²) in [5, 5.41) is 12.5. The van der Waals surface area contributed by atoms with E-state index in [1.807, 2.05) is 14.0 Å². The zero-order chi connectivity index (χ0) is 12.6. The van der Waals surface area contributed by atoms with Crippen LogP contribution in [0, 0.1) is 0 Å². The molecule has 0 aliphatic rings. The second-order valence-corrected chi connectivity index (χ2v) is 4.64. The van der Waals surface area contributed by atoms with E-state index in [4.69, 9.17) is 4.74 Å². The van der Waals surface area contributed by atoms with Crippen molar-refractivity contribution in [1.82, 2.24) is 10.2 Å². The summed E-state index contributed by atoms with van der Waals surface area (Å²) >= 11 is 0. The SMILES string of the molecule is CCN(CCOC)C(C)CC(C)(CO)NC. The van der Waals surface area contributed by atoms with Crippen molar-refractivity contribution < 1.29 is 9.84 Å². The van der Waals surface area contributed by atoms with Crippen molar-refractivity contribution in [2.45, 2.75) is 38.8 Å². The third kappa shape index (κ3) is 5.25. The molecular weight excluding hydrogens is 204 g/mol. The van der Waals surface area contributed by atoms with Crippen LogP contribution in [0.1, 0.15) is 27.2 Å². The summed E-state index contributed by atoms with van der Waals surface area (Å²) in [5.74, 6) is 0. The first-order valence-electron chi connectivity index (χ1n) is 6.05. The molecule has 0 aliphatic carbocycles. The minimum Gasteiger partial charge on any atom is -0.394 e. The Labute approximate surface area is 100.0 Å². The molecule has 98 valence electrons. The highest BCUT2D eigenvalue weighted by atomic mass is 16.5. The Bertz CT molecular complexity index is 172. The van der Waals surface area contributed by atoms with Crippen molar-refractivity contribution in [3.8, 4) is 0 Å². The molecule has 2 atom stereocenters. The quantitative estimate of drug-likeness (QED) is 0.614. The second-order valence-electron chi connectivity index (χ2n) is 4.64. The van der Waals surface area contributed by atoms with Crippen LogP contribution in [0.25, 0.3) is 0 Å². The molecule has 0 aromatic rings. The van der Waals surface area contributed by atoms with Crippen molar-refractivity contribution >= 4 is 0 Å². The van der Waals surface area contributed by atoms with E-state index in [0.717, 1.165) is 26.1 Å². The average Bonchev–Trinajstić information content (AvgIpc) is 2.29. The topological polar surface area (TPSA) is 44.7 Å². The Kier molecular flexibility index (Phi) is 7.93. The lowest BCUT2D eigenvalue weighted by molar-refractivity contribution is 0.0955. The van der Waals surface area contributed by atoms with Gasteiger partial charge in [0.1, 0.15) is 0 Å². The summed E-state index contributed by atoms with van der Waals surface area (Å²) < 4.78 is 5.10. The molecule has 0 saturated heterocycles. The molecular formula is C12H28N2O2. The maximum Gasteiger partial charge on any atom is 0.0611 e. The molecule has 0 saturated carbocycles. The maximum absolute atomic E-state index is 9.36. The highest BCUT2D eigenvalue weighted by molar-refractivity contribution is 4.85. The van der Waals surface area contributed by atoms with Crippen LogP contribution >= 0.6 is 0 Å². The fraction of sp³-hybridized carbons (Fsp3) is 1.00. The number of hydrogen-bond acceptors (Lipinski definition) is 4. The number of ether oxygens (including phenoxy) is 1. The normalized spacial score (nSPS) is 17.4. The van der Waals surface area contributed by atoms with Gasteiger partial charge in [0.25, 0.3) is 0 Å². The Morgan fingerprint density at radius 1 is 1.50 bits per heavy atom. The zero-order valence-corrected chi connectivity index (χ0v) is 11.4. The smallest absolute Gasteiger partial charge is 0.0611 e. The van der Waals surface area contributed by atoms with Gasteiger partial charge in [-0.2, -0.15) is 0 Å². The predicted molar refractivity (Wildman–Crippen MR) is 67.8 cm³/mol. The van der Waals surface area contributed by atoms with E-state index < -0.39 is 0 Å². The van der Waals surface area contributed by atoms with E-state index in [0.29, 0.717) is 6.04 Å². The van der Waals surface area contributed by atoms with Crippen LogP contribution in [0.2, 0.25) is 0 Å². The molecule has 2 N–H and O–H groups in total. The molecule has 0 aromatic heterocycles. The number of rotatable bonds is 9. The molecule has 0 bridgehead atoms. The highest BCUT2D eigenvalue weighted by Crippen LogP contribution is 2.15. The molecule has 0 radical (unpaired) electrons. The second kappa shape index (κ2) is 8.01. The third-order valence-corrected chi connectivity index (χ3v) is 3.31. The van der Waals surface area contributed by atoms with Gasteiger partial charge in [0.15, 0.2) is 0 Å². The molecule has 4 heteroatoms. The predicted octanol–water partition coefficient (Wildman–Crippen LogP) is 0.704. The van der Waals surface area contributed by atoms with Gasteiger partial charge in [-0.15, -0.1) is 0 Å². The summed E-state index contributed by atoms with van der Waals surface area (Å²) in [6.45, 7) is 9.28. The summed E-state index contributed by atoms with van der Waals surface area (Å²) in [6.07, 6.45) is 0.928. The van der Waals surface area contributed by atoms with Crippen molar-refractivity contribution in [2.24, 2.45) is 0 Å². The van der Waals surface area contributed by atoms with Crippen molar-refractivity contribution in [3.63, 3.8) is 0 Å². The largest absolute Gasteiger partial charge is 0.394 e. The van der Waals surface area contributed by atoms with Crippen LogP contribution in [-0.2, 0) is 4.74 Å². The van der Waals surface area contributed by atoms with Gasteiger partial charge in [-0.1, -0.05) is 6.92 Å². The Balaban J connectivity index is 4.23. The summed E-state index contributed by atoms with van der Waals surface area (Å²) in [6, 6.07) is 0.435. The van der Waals surface area contributed by atoms with Crippen LogP contribution in [-0.4, -0.2) is 62.0 Å². The number of nitrogens with one attached hydrogen (secondary N) is 1. The summed E-state index contributed by atoms with van der Waals surface area (Å²) in [7, 11) is 3.62. The molecule has 0 heterocycles. The van der Waals surface area contributed by atoms with Crippen LogP contribution in [0.4, 0.5) is 0 Å². The lowest BCUT2D eigenvalue weighted by Crippen LogP contribution is -2.49. The van der Waals surface area contributed by atoms with Crippen molar-refractivity contribution in [2.75, 3.05) is 40.5 Å². The monoisotopic (exact) mass is 232 g/mol. The van der Waals surface area contributed by atoms with Crippen molar-refractivity contribution in [3.05, 3.63) is 0 Å². The molecule has 2 unspecified atom stereocenters. The molecule has 0 aromatic carbocycles. The van der Waals surface area contributed by atoms with Gasteiger partial charge in [-0.05, 0) is 33.9 Å². The van der Waals surface area contributed by atoms with Gasteiger partial charge in [0.05, 0.1) is 13.2 Å². The molecule has 16 heavy (non-hydrogen) atoms. The summed E-state index contributed by atoms with van der Waals surface area (Å²) in [4.78, 5) is 2.37. The van der Waals surface area contributed by atoms with Gasteiger partial charge in [-0.3, -0.25) is 4.90 Å². The average molecular weight is 232 g/mol. The molecule has 0 amide bonds. The molecule has 0 aliphatic heterocycles. The van der Waals surface area contributed by atoms with Gasteiger partial charge >= 0.3 is 0 Å². The van der Waals surface area contributed by atoms with Crippen LogP contribution < -0.4 is 5.32 Å². The molecule has 4 nitrogen and oxygen atoms in total. The minimum atomic E-state index is -0.195. The molecule has 0 rings (SSSR count). The van der Waals surface area contributed by atoms with Crippen LogP contribution in [0.15, 0.2) is 0 Å². The number of likely N-dealkylation sites (N-methyl/N-ethyl adjacent to an activating group) is 2. The first-order valence-corrected chi connectivity index (χ1v) is 6.05. The fourth-order valence-electron chi connectivity index (χ4n) is 1.93. The van der Waals surface area contributed by atoms with Crippen LogP contribution in [0.3, 0.4) is 0 Å². The number of methoxy groups -OCH3 is 1. The summed E-state index contributed by atoms with van der Waals surface area (Å²) in [5.41, 5.74) is -0.195. The first-order chi connectivity index (χ1) is 7.52. The lowest BCUT2D eigenvalue weighted by Gasteiger charge is -2.35. The van der Waals surface area contributed by atoms with Gasteiger partial charge in [0, 0.05) is 25.2 Å². The number of hydrogen-bond donors (Lipinski definition) is 2. The van der Waals surface area contributed by atoms with Gasteiger partial charge in [-0.25, -0.2) is 0 Å².